The van der Waals surface area contributed by atoms with E-state index < -0.39 is 10.0 Å². The Morgan fingerprint density at radius 2 is 1.80 bits per heavy atom. The Bertz CT molecular complexity index is 1400. The standard InChI is InChI=1S/C27H26ClN3O3S/c1-34-25-13-11-24(12-14-25)31(19-18-29-16-3-4-21-7-9-23(28)10-8-21)35(32,33)27-6-2-5-22-20-30-17-15-26(22)27/h2-15,17,20,29H,16,18-19H2,1H3. The Kier molecular flexibility index (Phi) is 8.02. The van der Waals surface area contributed by atoms with Crippen molar-refractivity contribution in [2.75, 3.05) is 31.0 Å². The second-order valence-electron chi connectivity index (χ2n) is 7.79. The first-order valence-electron chi connectivity index (χ1n) is 11.1. The van der Waals surface area contributed by atoms with Crippen LogP contribution in [0.25, 0.3) is 16.8 Å². The lowest BCUT2D eigenvalue weighted by atomic mass is 10.2. The summed E-state index contributed by atoms with van der Waals surface area (Å²) < 4.78 is 34.4. The van der Waals surface area contributed by atoms with Gasteiger partial charge in [-0.3, -0.25) is 9.29 Å². The second-order valence-corrected chi connectivity index (χ2v) is 10.1. The van der Waals surface area contributed by atoms with E-state index in [2.05, 4.69) is 10.3 Å². The fraction of sp³-hybridized carbons (Fsp3) is 0.148. The van der Waals surface area contributed by atoms with Crippen molar-refractivity contribution in [2.24, 2.45) is 0 Å². The predicted octanol–water partition coefficient (Wildman–Crippen LogP) is 5.40. The van der Waals surface area contributed by atoms with E-state index in [1.807, 2.05) is 42.5 Å². The number of sulfonamides is 1. The molecule has 4 aromatic rings. The number of hydrogen-bond acceptors (Lipinski definition) is 5. The third-order valence-corrected chi connectivity index (χ3v) is 7.64. The van der Waals surface area contributed by atoms with Crippen LogP contribution in [-0.2, 0) is 10.0 Å². The molecule has 0 fully saturated rings. The molecule has 6 nitrogen and oxygen atoms in total. The second kappa shape index (κ2) is 11.4. The third-order valence-electron chi connectivity index (χ3n) is 5.50. The quantitative estimate of drug-likeness (QED) is 0.291. The zero-order valence-electron chi connectivity index (χ0n) is 19.3. The first-order valence-corrected chi connectivity index (χ1v) is 12.9. The number of rotatable bonds is 10. The molecule has 8 heteroatoms. The molecule has 0 unspecified atom stereocenters. The van der Waals surface area contributed by atoms with Gasteiger partial charge in [0.05, 0.1) is 17.7 Å². The van der Waals surface area contributed by atoms with Crippen LogP contribution < -0.4 is 14.4 Å². The summed E-state index contributed by atoms with van der Waals surface area (Å²) in [7, 11) is -2.27. The van der Waals surface area contributed by atoms with Gasteiger partial charge < -0.3 is 10.1 Å². The Morgan fingerprint density at radius 1 is 1.03 bits per heavy atom. The summed E-state index contributed by atoms with van der Waals surface area (Å²) in [4.78, 5) is 4.36. The van der Waals surface area contributed by atoms with Gasteiger partial charge in [0.15, 0.2) is 0 Å². The van der Waals surface area contributed by atoms with Gasteiger partial charge in [-0.25, -0.2) is 8.42 Å². The number of halogens is 1. The van der Waals surface area contributed by atoms with Crippen LogP contribution in [0.4, 0.5) is 5.69 Å². The van der Waals surface area contributed by atoms with Crippen LogP contribution in [0.3, 0.4) is 0 Å². The number of benzene rings is 3. The molecule has 0 saturated heterocycles. The average molecular weight is 508 g/mol. The van der Waals surface area contributed by atoms with E-state index in [1.165, 1.54) is 4.31 Å². The van der Waals surface area contributed by atoms with E-state index in [0.717, 1.165) is 10.9 Å². The van der Waals surface area contributed by atoms with Crippen LogP contribution in [0.2, 0.25) is 5.02 Å². The molecule has 0 aliphatic heterocycles. The molecule has 1 heterocycles. The SMILES string of the molecule is COc1ccc(N(CCNCC=Cc2ccc(Cl)cc2)S(=O)(=O)c2cccc3cnccc23)cc1. The summed E-state index contributed by atoms with van der Waals surface area (Å²) in [6, 6.07) is 21.5. The molecule has 4 rings (SSSR count). The summed E-state index contributed by atoms with van der Waals surface area (Å²) in [5.74, 6) is 0.660. The van der Waals surface area contributed by atoms with Gasteiger partial charge in [0.1, 0.15) is 5.75 Å². The number of hydrogen-bond donors (Lipinski definition) is 1. The normalized spacial score (nSPS) is 11.7. The van der Waals surface area contributed by atoms with Gasteiger partial charge in [0.25, 0.3) is 10.0 Å². The molecular weight excluding hydrogens is 482 g/mol. The Morgan fingerprint density at radius 3 is 2.54 bits per heavy atom. The maximum Gasteiger partial charge on any atom is 0.264 e. The molecule has 0 saturated carbocycles. The van der Waals surface area contributed by atoms with Gasteiger partial charge in [-0.15, -0.1) is 0 Å². The first kappa shape index (κ1) is 24.7. The highest BCUT2D eigenvalue weighted by atomic mass is 35.5. The molecule has 1 aromatic heterocycles. The fourth-order valence-electron chi connectivity index (χ4n) is 3.71. The minimum absolute atomic E-state index is 0.246. The number of fused-ring (bicyclic) bond motifs is 1. The van der Waals surface area contributed by atoms with Gasteiger partial charge in [0, 0.05) is 47.8 Å². The fourth-order valence-corrected chi connectivity index (χ4v) is 5.52. The molecule has 0 aliphatic rings. The molecule has 3 aromatic carbocycles. The number of ether oxygens (including phenoxy) is 1. The maximum atomic E-state index is 13.9. The third kappa shape index (κ3) is 6.00. The van der Waals surface area contributed by atoms with Crippen LogP contribution in [0, 0.1) is 0 Å². The minimum atomic E-state index is -3.85. The largest absolute Gasteiger partial charge is 0.497 e. The van der Waals surface area contributed by atoms with Crippen molar-refractivity contribution in [1.82, 2.24) is 10.3 Å². The topological polar surface area (TPSA) is 71.5 Å². The zero-order chi connectivity index (χ0) is 24.7. The highest BCUT2D eigenvalue weighted by Crippen LogP contribution is 2.29. The highest BCUT2D eigenvalue weighted by molar-refractivity contribution is 7.93. The smallest absolute Gasteiger partial charge is 0.264 e. The number of nitrogens with zero attached hydrogens (tertiary/aromatic N) is 2. The summed E-state index contributed by atoms with van der Waals surface area (Å²) >= 11 is 5.92. The lowest BCUT2D eigenvalue weighted by molar-refractivity contribution is 0.415. The average Bonchev–Trinajstić information content (AvgIpc) is 2.89. The van der Waals surface area contributed by atoms with Gasteiger partial charge >= 0.3 is 0 Å². The van der Waals surface area contributed by atoms with Crippen molar-refractivity contribution in [3.63, 3.8) is 0 Å². The van der Waals surface area contributed by atoms with Crippen molar-refractivity contribution in [1.29, 1.82) is 0 Å². The monoisotopic (exact) mass is 507 g/mol. The Balaban J connectivity index is 1.53. The molecule has 0 aliphatic carbocycles. The predicted molar refractivity (Wildman–Crippen MR) is 143 cm³/mol. The molecule has 0 bridgehead atoms. The van der Waals surface area contributed by atoms with Crippen LogP contribution >= 0.6 is 11.6 Å². The lowest BCUT2D eigenvalue weighted by Crippen LogP contribution is -2.37. The number of anilines is 1. The van der Waals surface area contributed by atoms with Crippen molar-refractivity contribution in [3.05, 3.63) is 102 Å². The van der Waals surface area contributed by atoms with Crippen molar-refractivity contribution in [2.45, 2.75) is 4.90 Å². The van der Waals surface area contributed by atoms with Gasteiger partial charge in [-0.2, -0.15) is 0 Å². The summed E-state index contributed by atoms with van der Waals surface area (Å²) in [5.41, 5.74) is 1.61. The van der Waals surface area contributed by atoms with E-state index in [-0.39, 0.29) is 11.4 Å². The molecule has 0 radical (unpaired) electrons. The van der Waals surface area contributed by atoms with Gasteiger partial charge in [-0.05, 0) is 54.1 Å². The molecule has 1 N–H and O–H groups in total. The molecule has 35 heavy (non-hydrogen) atoms. The lowest BCUT2D eigenvalue weighted by Gasteiger charge is -2.25. The van der Waals surface area contributed by atoms with Crippen LogP contribution in [0.15, 0.2) is 96.2 Å². The van der Waals surface area contributed by atoms with E-state index in [1.54, 1.807) is 62.0 Å². The Labute approximate surface area is 210 Å². The van der Waals surface area contributed by atoms with E-state index in [0.29, 0.717) is 34.9 Å². The van der Waals surface area contributed by atoms with E-state index in [9.17, 15) is 8.42 Å². The highest BCUT2D eigenvalue weighted by Gasteiger charge is 2.26. The molecular formula is C27H26ClN3O3S. The molecule has 0 amide bonds. The first-order chi connectivity index (χ1) is 17.0. The number of methoxy groups -OCH3 is 1. The number of pyridine rings is 1. The number of aromatic nitrogens is 1. The van der Waals surface area contributed by atoms with Crippen molar-refractivity contribution >= 4 is 44.2 Å². The maximum absolute atomic E-state index is 13.9. The molecule has 0 atom stereocenters. The summed E-state index contributed by atoms with van der Waals surface area (Å²) in [5, 5.41) is 5.40. The van der Waals surface area contributed by atoms with Crippen molar-refractivity contribution < 1.29 is 13.2 Å². The summed E-state index contributed by atoms with van der Waals surface area (Å²) in [6.45, 7) is 1.31. The van der Waals surface area contributed by atoms with Gasteiger partial charge in [-0.1, -0.05) is 48.0 Å². The van der Waals surface area contributed by atoms with E-state index >= 15 is 0 Å². The minimum Gasteiger partial charge on any atom is -0.497 e. The van der Waals surface area contributed by atoms with Crippen molar-refractivity contribution in [3.8, 4) is 5.75 Å². The zero-order valence-corrected chi connectivity index (χ0v) is 20.8. The molecule has 0 spiro atoms. The molecule has 180 valence electrons. The summed E-state index contributed by atoms with van der Waals surface area (Å²) in [6.07, 6.45) is 7.26. The van der Waals surface area contributed by atoms with Gasteiger partial charge in [0.2, 0.25) is 0 Å². The van der Waals surface area contributed by atoms with Crippen LogP contribution in [0.5, 0.6) is 5.75 Å². The Hall–Kier alpha value is -3.39. The van der Waals surface area contributed by atoms with Crippen LogP contribution in [0.1, 0.15) is 5.56 Å². The van der Waals surface area contributed by atoms with Crippen LogP contribution in [-0.4, -0.2) is 40.1 Å². The number of nitrogens with one attached hydrogen (secondary N) is 1. The van der Waals surface area contributed by atoms with E-state index in [4.69, 9.17) is 16.3 Å².